The van der Waals surface area contributed by atoms with Crippen molar-refractivity contribution < 1.29 is 37.7 Å². The number of carbonyl (C=O) groups is 2. The number of likely N-dealkylation sites (N-methyl/N-ethyl adjacent to an activating group) is 1. The van der Waals surface area contributed by atoms with Crippen LogP contribution in [0.3, 0.4) is 0 Å². The SMILES string of the molecule is C=O.CN1CC[C@@](O)(C#Cc2ccc3c(c2)-n2nc(C(N)=O)c(C(F)(F)F)c2[C@](C)(O)CO3)C1. The van der Waals surface area contributed by atoms with E-state index in [1.54, 1.807) is 6.07 Å². The largest absolute Gasteiger partial charge is 0.488 e. The maximum Gasteiger partial charge on any atom is 0.420 e. The van der Waals surface area contributed by atoms with Crippen molar-refractivity contribution in [2.75, 3.05) is 26.7 Å². The second-order valence-corrected chi connectivity index (χ2v) is 8.36. The summed E-state index contributed by atoms with van der Waals surface area (Å²) in [7, 11) is 1.86. The maximum atomic E-state index is 13.9. The molecule has 0 saturated carbocycles. The molecule has 9 nitrogen and oxygen atoms in total. The molecular weight excluding hydrogens is 457 g/mol. The van der Waals surface area contributed by atoms with Crippen LogP contribution in [0.5, 0.6) is 5.75 Å². The number of aromatic nitrogens is 2. The number of amides is 1. The van der Waals surface area contributed by atoms with E-state index in [1.807, 2.05) is 18.7 Å². The Labute approximate surface area is 192 Å². The zero-order chi connectivity index (χ0) is 25.5. The van der Waals surface area contributed by atoms with Crippen molar-refractivity contribution in [1.29, 1.82) is 0 Å². The molecule has 12 heteroatoms. The number of aliphatic hydroxyl groups is 2. The Morgan fingerprint density at radius 1 is 1.32 bits per heavy atom. The number of carbonyl (C=O) groups excluding carboxylic acids is 2. The highest BCUT2D eigenvalue weighted by Gasteiger charge is 2.48. The quantitative estimate of drug-likeness (QED) is 0.515. The second-order valence-electron chi connectivity index (χ2n) is 8.36. The molecule has 0 radical (unpaired) electrons. The minimum atomic E-state index is -5.00. The van der Waals surface area contributed by atoms with Gasteiger partial charge in [-0.05, 0) is 32.2 Å². The lowest BCUT2D eigenvalue weighted by molar-refractivity contribution is -0.141. The molecule has 0 spiro atoms. The van der Waals surface area contributed by atoms with E-state index in [2.05, 4.69) is 16.9 Å². The number of likely N-dealkylation sites (tertiary alicyclic amines) is 1. The molecule has 34 heavy (non-hydrogen) atoms. The second kappa shape index (κ2) is 8.75. The lowest BCUT2D eigenvalue weighted by Crippen LogP contribution is -2.33. The third-order valence-electron chi connectivity index (χ3n) is 5.49. The molecule has 1 saturated heterocycles. The minimum absolute atomic E-state index is 0.0538. The smallest absolute Gasteiger partial charge is 0.420 e. The van der Waals surface area contributed by atoms with Gasteiger partial charge in [0.1, 0.15) is 41.6 Å². The van der Waals surface area contributed by atoms with Crippen LogP contribution in [0.25, 0.3) is 5.69 Å². The van der Waals surface area contributed by atoms with E-state index in [1.165, 1.54) is 12.1 Å². The van der Waals surface area contributed by atoms with Crippen molar-refractivity contribution in [3.05, 3.63) is 40.7 Å². The zero-order valence-corrected chi connectivity index (χ0v) is 18.4. The van der Waals surface area contributed by atoms with E-state index in [-0.39, 0.29) is 11.4 Å². The molecule has 182 valence electrons. The number of primary amides is 1. The molecule has 1 amide bonds. The highest BCUT2D eigenvalue weighted by Crippen LogP contribution is 2.43. The number of halogens is 3. The Kier molecular flexibility index (Phi) is 6.49. The summed E-state index contributed by atoms with van der Waals surface area (Å²) in [5.41, 5.74) is -0.785. The number of β-amino-alcohol motifs (C(OH)–C–C–N with tert-alkyl or cyclic N) is 1. The standard InChI is InChI=1S/C21H21F3N4O4.CH2O/c1-19(30)11-32-14-4-3-12(5-6-20(31)7-8-27(2)10-20)9-13(14)28-17(19)15(21(22,23)24)16(26-28)18(25)29;1-2/h3-4,9,30-31H,7-8,10-11H2,1-2H3,(H2,25,29);1H2/t19-,20+;/m1./s1. The number of benzene rings is 1. The van der Waals surface area contributed by atoms with Crippen LogP contribution in [0.1, 0.15) is 40.7 Å². The molecule has 2 aliphatic rings. The van der Waals surface area contributed by atoms with E-state index < -0.39 is 46.8 Å². The molecular formula is C22H23F3N4O5. The molecule has 0 aliphatic carbocycles. The molecule has 2 atom stereocenters. The monoisotopic (exact) mass is 480 g/mol. The van der Waals surface area contributed by atoms with Gasteiger partial charge >= 0.3 is 6.18 Å². The Hall–Kier alpha value is -3.40. The van der Waals surface area contributed by atoms with Gasteiger partial charge in [0, 0.05) is 25.1 Å². The van der Waals surface area contributed by atoms with Crippen molar-refractivity contribution >= 4 is 12.7 Å². The van der Waals surface area contributed by atoms with Gasteiger partial charge in [-0.3, -0.25) is 4.79 Å². The van der Waals surface area contributed by atoms with Crippen LogP contribution < -0.4 is 10.5 Å². The molecule has 1 fully saturated rings. The first-order valence-electron chi connectivity index (χ1n) is 10.0. The molecule has 1 aromatic heterocycles. The highest BCUT2D eigenvalue weighted by molar-refractivity contribution is 5.93. The van der Waals surface area contributed by atoms with Crippen LogP contribution in [0.4, 0.5) is 13.2 Å². The number of alkyl halides is 3. The number of nitrogens with two attached hydrogens (primary N) is 1. The van der Waals surface area contributed by atoms with Crippen molar-refractivity contribution in [3.8, 4) is 23.3 Å². The molecule has 0 unspecified atom stereocenters. The Bertz CT molecular complexity index is 1180. The molecule has 4 rings (SSSR count). The van der Waals surface area contributed by atoms with Crippen molar-refractivity contribution in [2.45, 2.75) is 30.7 Å². The Balaban J connectivity index is 0.00000158. The number of hydrogen-bond donors (Lipinski definition) is 3. The van der Waals surface area contributed by atoms with Gasteiger partial charge in [-0.2, -0.15) is 18.3 Å². The third kappa shape index (κ3) is 4.63. The summed E-state index contributed by atoms with van der Waals surface area (Å²) in [4.78, 5) is 21.7. The van der Waals surface area contributed by atoms with E-state index in [0.29, 0.717) is 25.1 Å². The van der Waals surface area contributed by atoms with Gasteiger partial charge in [0.05, 0.1) is 5.69 Å². The maximum absolute atomic E-state index is 13.9. The van der Waals surface area contributed by atoms with Crippen LogP contribution in [0.15, 0.2) is 18.2 Å². The van der Waals surface area contributed by atoms with Gasteiger partial charge in [-0.1, -0.05) is 11.8 Å². The van der Waals surface area contributed by atoms with Gasteiger partial charge in [0.2, 0.25) is 0 Å². The molecule has 3 heterocycles. The molecule has 4 N–H and O–H groups in total. The van der Waals surface area contributed by atoms with Gasteiger partial charge in [-0.15, -0.1) is 0 Å². The summed E-state index contributed by atoms with van der Waals surface area (Å²) >= 11 is 0. The molecule has 1 aromatic carbocycles. The first-order valence-corrected chi connectivity index (χ1v) is 10.0. The van der Waals surface area contributed by atoms with Crippen molar-refractivity contribution in [3.63, 3.8) is 0 Å². The van der Waals surface area contributed by atoms with Crippen LogP contribution in [-0.4, -0.2) is 69.9 Å². The number of hydrogen-bond acceptors (Lipinski definition) is 7. The lowest BCUT2D eigenvalue weighted by Gasteiger charge is -2.23. The number of ether oxygens (including phenoxy) is 1. The third-order valence-corrected chi connectivity index (χ3v) is 5.49. The molecule has 0 bridgehead atoms. The van der Waals surface area contributed by atoms with Crippen molar-refractivity contribution in [2.24, 2.45) is 5.73 Å². The zero-order valence-electron chi connectivity index (χ0n) is 18.4. The fourth-order valence-electron chi connectivity index (χ4n) is 3.97. The van der Waals surface area contributed by atoms with E-state index in [4.69, 9.17) is 15.3 Å². The van der Waals surface area contributed by atoms with Gasteiger partial charge in [-0.25, -0.2) is 4.68 Å². The average Bonchev–Trinajstić information content (AvgIpc) is 3.31. The molecule has 2 aromatic rings. The summed E-state index contributed by atoms with van der Waals surface area (Å²) in [5, 5.41) is 25.1. The fraction of sp³-hybridized carbons (Fsp3) is 0.409. The number of nitrogens with zero attached hydrogens (tertiary/aromatic N) is 3. The summed E-state index contributed by atoms with van der Waals surface area (Å²) in [6.07, 6.45) is -4.53. The van der Waals surface area contributed by atoms with E-state index >= 15 is 0 Å². The van der Waals surface area contributed by atoms with Crippen LogP contribution in [-0.2, 0) is 16.6 Å². The normalized spacial score (nSPS) is 23.9. The summed E-state index contributed by atoms with van der Waals surface area (Å²) in [5.74, 6) is 4.43. The fourth-order valence-corrected chi connectivity index (χ4v) is 3.97. The van der Waals surface area contributed by atoms with Crippen molar-refractivity contribution in [1.82, 2.24) is 14.7 Å². The summed E-state index contributed by atoms with van der Waals surface area (Å²) < 4.78 is 48.0. The number of fused-ring (bicyclic) bond motifs is 3. The summed E-state index contributed by atoms with van der Waals surface area (Å²) in [6.45, 7) is 3.69. The topological polar surface area (TPSA) is 131 Å². The number of rotatable bonds is 1. The Morgan fingerprint density at radius 2 is 2.00 bits per heavy atom. The van der Waals surface area contributed by atoms with Gasteiger partial charge in [0.25, 0.3) is 5.91 Å². The summed E-state index contributed by atoms with van der Waals surface area (Å²) in [6, 6.07) is 4.48. The van der Waals surface area contributed by atoms with E-state index in [9.17, 15) is 28.2 Å². The molecule has 2 aliphatic heterocycles. The predicted molar refractivity (Wildman–Crippen MR) is 113 cm³/mol. The predicted octanol–water partition coefficient (Wildman–Crippen LogP) is 0.823. The van der Waals surface area contributed by atoms with Crippen LogP contribution in [0.2, 0.25) is 0 Å². The average molecular weight is 480 g/mol. The highest BCUT2D eigenvalue weighted by atomic mass is 19.4. The first-order chi connectivity index (χ1) is 15.8. The lowest BCUT2D eigenvalue weighted by atomic mass is 9.97. The minimum Gasteiger partial charge on any atom is -0.488 e. The van der Waals surface area contributed by atoms with Crippen LogP contribution in [0, 0.1) is 11.8 Å². The van der Waals surface area contributed by atoms with E-state index in [0.717, 1.165) is 11.6 Å². The van der Waals surface area contributed by atoms with Crippen LogP contribution >= 0.6 is 0 Å². The van der Waals surface area contributed by atoms with Gasteiger partial charge < -0.3 is 30.4 Å². The van der Waals surface area contributed by atoms with Gasteiger partial charge in [0.15, 0.2) is 5.69 Å². The Morgan fingerprint density at radius 3 is 2.56 bits per heavy atom. The first kappa shape index (κ1) is 25.2.